The molecule has 0 aromatic carbocycles. The summed E-state index contributed by atoms with van der Waals surface area (Å²) in [6, 6.07) is 3.79. The summed E-state index contributed by atoms with van der Waals surface area (Å²) in [6.07, 6.45) is 7.06. The summed E-state index contributed by atoms with van der Waals surface area (Å²) >= 11 is 0. The Morgan fingerprint density at radius 1 is 1.45 bits per heavy atom. The van der Waals surface area contributed by atoms with Crippen LogP contribution >= 0.6 is 0 Å². The second-order valence-electron chi connectivity index (χ2n) is 6.04. The van der Waals surface area contributed by atoms with Crippen LogP contribution in [0.4, 0.5) is 0 Å². The zero-order valence-corrected chi connectivity index (χ0v) is 12.6. The van der Waals surface area contributed by atoms with Crippen LogP contribution in [-0.2, 0) is 16.1 Å². The van der Waals surface area contributed by atoms with Crippen molar-refractivity contribution in [1.29, 1.82) is 0 Å². The number of nitrogens with one attached hydrogen (secondary N) is 2. The number of amides is 2. The molecule has 0 spiro atoms. The summed E-state index contributed by atoms with van der Waals surface area (Å²) in [5.74, 6) is -0.0816. The molecule has 1 atom stereocenters. The summed E-state index contributed by atoms with van der Waals surface area (Å²) in [7, 11) is 0. The van der Waals surface area contributed by atoms with E-state index in [1.165, 1.54) is 6.42 Å². The topological polar surface area (TPSA) is 74.3 Å². The molecule has 3 rings (SSSR count). The van der Waals surface area contributed by atoms with Crippen molar-refractivity contribution in [2.24, 2.45) is 0 Å². The molecule has 1 aromatic rings. The summed E-state index contributed by atoms with van der Waals surface area (Å²) in [5, 5.41) is 5.87. The Hall–Kier alpha value is -1.95. The van der Waals surface area contributed by atoms with E-state index in [-0.39, 0.29) is 18.2 Å². The van der Waals surface area contributed by atoms with E-state index < -0.39 is 6.04 Å². The van der Waals surface area contributed by atoms with E-state index in [1.54, 1.807) is 12.4 Å². The average Bonchev–Trinajstić information content (AvgIpc) is 2.48. The van der Waals surface area contributed by atoms with Crippen molar-refractivity contribution in [2.75, 3.05) is 13.1 Å². The maximum atomic E-state index is 12.2. The molecule has 6 heteroatoms. The normalized spacial score (nSPS) is 22.7. The van der Waals surface area contributed by atoms with Crippen molar-refractivity contribution in [1.82, 2.24) is 20.5 Å². The third-order valence-corrected chi connectivity index (χ3v) is 4.40. The second-order valence-corrected chi connectivity index (χ2v) is 6.04. The van der Waals surface area contributed by atoms with Crippen LogP contribution in [0, 0.1) is 0 Å². The molecule has 2 aliphatic rings. The van der Waals surface area contributed by atoms with E-state index in [2.05, 4.69) is 20.5 Å². The van der Waals surface area contributed by atoms with Crippen LogP contribution in [0.3, 0.4) is 0 Å². The van der Waals surface area contributed by atoms with Gasteiger partial charge in [-0.3, -0.25) is 19.5 Å². The summed E-state index contributed by atoms with van der Waals surface area (Å²) in [4.78, 5) is 30.5. The number of nitrogens with zero attached hydrogens (tertiary/aromatic N) is 2. The predicted molar refractivity (Wildman–Crippen MR) is 81.8 cm³/mol. The Bertz CT molecular complexity index is 530. The molecule has 1 aromatic heterocycles. The quantitative estimate of drug-likeness (QED) is 0.828. The minimum absolute atomic E-state index is 0.0251. The molecule has 1 saturated heterocycles. The van der Waals surface area contributed by atoms with Crippen molar-refractivity contribution in [2.45, 2.75) is 44.3 Å². The number of hydrogen-bond donors (Lipinski definition) is 2. The largest absolute Gasteiger partial charge is 0.353 e. The first-order valence-electron chi connectivity index (χ1n) is 7.92. The standard InChI is InChI=1S/C16H22N4O2/c21-15(19-13-4-1-5-13)9-14-16(22)18-7-8-20(14)11-12-3-2-6-17-10-12/h2-3,6,10,13-14H,1,4-5,7-9,11H2,(H,18,22)(H,19,21). The molecule has 1 aliphatic carbocycles. The van der Waals surface area contributed by atoms with E-state index in [1.807, 2.05) is 12.1 Å². The summed E-state index contributed by atoms with van der Waals surface area (Å²) in [6.45, 7) is 2.02. The minimum Gasteiger partial charge on any atom is -0.353 e. The van der Waals surface area contributed by atoms with Crippen molar-refractivity contribution < 1.29 is 9.59 Å². The van der Waals surface area contributed by atoms with Gasteiger partial charge in [-0.1, -0.05) is 6.07 Å². The molecule has 0 radical (unpaired) electrons. The van der Waals surface area contributed by atoms with Gasteiger partial charge in [0, 0.05) is 38.1 Å². The Morgan fingerprint density at radius 3 is 3.00 bits per heavy atom. The fraction of sp³-hybridized carbons (Fsp3) is 0.562. The van der Waals surface area contributed by atoms with Crippen molar-refractivity contribution in [3.05, 3.63) is 30.1 Å². The predicted octanol–water partition coefficient (Wildman–Crippen LogP) is 0.441. The molecule has 2 N–H and O–H groups in total. The van der Waals surface area contributed by atoms with Crippen LogP contribution < -0.4 is 10.6 Å². The Morgan fingerprint density at radius 2 is 2.32 bits per heavy atom. The molecule has 22 heavy (non-hydrogen) atoms. The molecule has 2 amide bonds. The van der Waals surface area contributed by atoms with Crippen LogP contribution in [-0.4, -0.2) is 46.9 Å². The average molecular weight is 302 g/mol. The lowest BCUT2D eigenvalue weighted by molar-refractivity contribution is -0.134. The van der Waals surface area contributed by atoms with Crippen molar-refractivity contribution >= 4 is 11.8 Å². The van der Waals surface area contributed by atoms with Gasteiger partial charge in [-0.2, -0.15) is 0 Å². The first-order chi connectivity index (χ1) is 10.7. The molecule has 1 saturated carbocycles. The number of carbonyl (C=O) groups excluding carboxylic acids is 2. The van der Waals surface area contributed by atoms with E-state index in [4.69, 9.17) is 0 Å². The third kappa shape index (κ3) is 3.62. The van der Waals surface area contributed by atoms with Gasteiger partial charge in [0.1, 0.15) is 0 Å². The van der Waals surface area contributed by atoms with Gasteiger partial charge >= 0.3 is 0 Å². The lowest BCUT2D eigenvalue weighted by Crippen LogP contribution is -2.56. The Kier molecular flexibility index (Phi) is 4.68. The SMILES string of the molecule is O=C(CC1C(=O)NCCN1Cc1cccnc1)NC1CCC1. The number of carbonyl (C=O) groups is 2. The zero-order valence-electron chi connectivity index (χ0n) is 12.6. The minimum atomic E-state index is -0.394. The summed E-state index contributed by atoms with van der Waals surface area (Å²) < 4.78 is 0. The van der Waals surface area contributed by atoms with Gasteiger partial charge in [0.2, 0.25) is 11.8 Å². The molecule has 1 unspecified atom stereocenters. The van der Waals surface area contributed by atoms with Crippen LogP contribution in [0.2, 0.25) is 0 Å². The van der Waals surface area contributed by atoms with E-state index in [0.29, 0.717) is 19.1 Å². The second kappa shape index (κ2) is 6.87. The van der Waals surface area contributed by atoms with Gasteiger partial charge in [-0.05, 0) is 30.9 Å². The van der Waals surface area contributed by atoms with Gasteiger partial charge in [-0.15, -0.1) is 0 Å². The van der Waals surface area contributed by atoms with Crippen LogP contribution in [0.5, 0.6) is 0 Å². The fourth-order valence-electron chi connectivity index (χ4n) is 2.91. The van der Waals surface area contributed by atoms with Gasteiger partial charge in [0.25, 0.3) is 0 Å². The number of rotatable bonds is 5. The summed E-state index contributed by atoms with van der Waals surface area (Å²) in [5.41, 5.74) is 1.06. The van der Waals surface area contributed by atoms with Gasteiger partial charge in [0.05, 0.1) is 12.5 Å². The Balaban J connectivity index is 1.61. The highest BCUT2D eigenvalue weighted by Crippen LogP contribution is 2.19. The molecular formula is C16H22N4O2. The van der Waals surface area contributed by atoms with Gasteiger partial charge in [-0.25, -0.2) is 0 Å². The first kappa shape index (κ1) is 15.0. The van der Waals surface area contributed by atoms with E-state index in [0.717, 1.165) is 24.9 Å². The Labute approximate surface area is 130 Å². The third-order valence-electron chi connectivity index (χ3n) is 4.40. The molecule has 6 nitrogen and oxygen atoms in total. The number of aromatic nitrogens is 1. The zero-order chi connectivity index (χ0) is 15.4. The number of piperazine rings is 1. The van der Waals surface area contributed by atoms with Crippen molar-refractivity contribution in [3.63, 3.8) is 0 Å². The molecule has 2 fully saturated rings. The van der Waals surface area contributed by atoms with E-state index in [9.17, 15) is 9.59 Å². The smallest absolute Gasteiger partial charge is 0.237 e. The number of pyridine rings is 1. The highest BCUT2D eigenvalue weighted by Gasteiger charge is 2.32. The van der Waals surface area contributed by atoms with E-state index >= 15 is 0 Å². The van der Waals surface area contributed by atoms with Gasteiger partial charge < -0.3 is 10.6 Å². The maximum Gasteiger partial charge on any atom is 0.237 e. The molecule has 118 valence electrons. The highest BCUT2D eigenvalue weighted by atomic mass is 16.2. The maximum absolute atomic E-state index is 12.2. The molecule has 1 aliphatic heterocycles. The number of hydrogen-bond acceptors (Lipinski definition) is 4. The van der Waals surface area contributed by atoms with Crippen LogP contribution in [0.1, 0.15) is 31.2 Å². The van der Waals surface area contributed by atoms with Crippen LogP contribution in [0.15, 0.2) is 24.5 Å². The van der Waals surface area contributed by atoms with Gasteiger partial charge in [0.15, 0.2) is 0 Å². The van der Waals surface area contributed by atoms with Crippen molar-refractivity contribution in [3.8, 4) is 0 Å². The molecule has 0 bridgehead atoms. The fourth-order valence-corrected chi connectivity index (χ4v) is 2.91. The molecular weight excluding hydrogens is 280 g/mol. The first-order valence-corrected chi connectivity index (χ1v) is 7.92. The highest BCUT2D eigenvalue weighted by molar-refractivity contribution is 5.88. The monoisotopic (exact) mass is 302 g/mol. The lowest BCUT2D eigenvalue weighted by atomic mass is 9.93. The lowest BCUT2D eigenvalue weighted by Gasteiger charge is -2.35. The van der Waals surface area contributed by atoms with Crippen LogP contribution in [0.25, 0.3) is 0 Å². The molecule has 2 heterocycles.